The maximum Gasteiger partial charge on any atom is 0.306 e. The highest BCUT2D eigenvalue weighted by atomic mass is 16.5. The zero-order valence-corrected chi connectivity index (χ0v) is 14.5. The van der Waals surface area contributed by atoms with Crippen LogP contribution < -0.4 is 14.8 Å². The number of aryl methyl sites for hydroxylation is 1. The van der Waals surface area contributed by atoms with Gasteiger partial charge in [0.2, 0.25) is 0 Å². The first kappa shape index (κ1) is 18.1. The summed E-state index contributed by atoms with van der Waals surface area (Å²) < 4.78 is 15.4. The number of methoxy groups -OCH3 is 2. The summed E-state index contributed by atoms with van der Waals surface area (Å²) in [4.78, 5) is 23.5. The summed E-state index contributed by atoms with van der Waals surface area (Å²) in [5.74, 6) is 1.21. The van der Waals surface area contributed by atoms with Crippen molar-refractivity contribution in [3.63, 3.8) is 0 Å². The Balaban J connectivity index is 1.71. The summed E-state index contributed by atoms with van der Waals surface area (Å²) in [5.41, 5.74) is 0.941. The van der Waals surface area contributed by atoms with E-state index in [1.165, 1.54) is 0 Å². The predicted molar refractivity (Wildman–Crippen MR) is 89.2 cm³/mol. The lowest BCUT2D eigenvalue weighted by Gasteiger charge is -2.13. The van der Waals surface area contributed by atoms with Gasteiger partial charge in [0.25, 0.3) is 5.91 Å². The average molecular weight is 335 g/mol. The zero-order chi connectivity index (χ0) is 17.5. The fourth-order valence-electron chi connectivity index (χ4n) is 2.51. The van der Waals surface area contributed by atoms with Gasteiger partial charge in [-0.15, -0.1) is 0 Å². The van der Waals surface area contributed by atoms with Crippen molar-refractivity contribution in [3.05, 3.63) is 23.8 Å². The molecule has 1 aromatic rings. The van der Waals surface area contributed by atoms with E-state index in [-0.39, 0.29) is 30.9 Å². The largest absolute Gasteiger partial charge is 0.493 e. The van der Waals surface area contributed by atoms with Crippen molar-refractivity contribution in [2.45, 2.75) is 38.6 Å². The van der Waals surface area contributed by atoms with Crippen molar-refractivity contribution in [3.8, 4) is 11.5 Å². The summed E-state index contributed by atoms with van der Waals surface area (Å²) in [6.45, 7) is 1.76. The Morgan fingerprint density at radius 3 is 2.54 bits per heavy atom. The van der Waals surface area contributed by atoms with Gasteiger partial charge in [-0.1, -0.05) is 6.07 Å². The normalized spacial score (nSPS) is 14.6. The average Bonchev–Trinajstić information content (AvgIpc) is 3.42. The molecule has 1 amide bonds. The topological polar surface area (TPSA) is 73.9 Å². The summed E-state index contributed by atoms with van der Waals surface area (Å²) in [6, 6.07) is 5.66. The Bertz CT molecular complexity index is 583. The monoisotopic (exact) mass is 335 g/mol. The highest BCUT2D eigenvalue weighted by Gasteiger charge is 2.28. The molecule has 0 aliphatic heterocycles. The van der Waals surface area contributed by atoms with Crippen molar-refractivity contribution >= 4 is 11.9 Å². The molecular weight excluding hydrogens is 310 g/mol. The first-order valence-electron chi connectivity index (χ1n) is 8.19. The Hall–Kier alpha value is -2.24. The molecule has 24 heavy (non-hydrogen) atoms. The van der Waals surface area contributed by atoms with Gasteiger partial charge in [0.1, 0.15) is 0 Å². The molecular formula is C18H25NO5. The van der Waals surface area contributed by atoms with Crippen LogP contribution in [0.2, 0.25) is 0 Å². The molecule has 0 bridgehead atoms. The molecule has 1 N–H and O–H groups in total. The van der Waals surface area contributed by atoms with Gasteiger partial charge in [-0.3, -0.25) is 9.59 Å². The van der Waals surface area contributed by atoms with Crippen molar-refractivity contribution in [1.82, 2.24) is 5.32 Å². The lowest BCUT2D eigenvalue weighted by atomic mass is 10.1. The van der Waals surface area contributed by atoms with Crippen molar-refractivity contribution in [2.24, 2.45) is 5.92 Å². The number of amides is 1. The van der Waals surface area contributed by atoms with Gasteiger partial charge in [0.15, 0.2) is 18.1 Å². The molecule has 0 aromatic heterocycles. The molecule has 1 saturated carbocycles. The minimum atomic E-state index is -0.390. The van der Waals surface area contributed by atoms with E-state index in [4.69, 9.17) is 14.2 Å². The lowest BCUT2D eigenvalue weighted by molar-refractivity contribution is -0.148. The number of ether oxygens (including phenoxy) is 3. The van der Waals surface area contributed by atoms with Crippen LogP contribution in [0.15, 0.2) is 18.2 Å². The van der Waals surface area contributed by atoms with Gasteiger partial charge in [-0.05, 0) is 49.8 Å². The molecule has 6 nitrogen and oxygen atoms in total. The number of benzene rings is 1. The van der Waals surface area contributed by atoms with Gasteiger partial charge in [-0.2, -0.15) is 0 Å². The van der Waals surface area contributed by atoms with E-state index in [0.717, 1.165) is 18.4 Å². The lowest BCUT2D eigenvalue weighted by Crippen LogP contribution is -2.37. The van der Waals surface area contributed by atoms with Crippen LogP contribution in [0.1, 0.15) is 31.7 Å². The Morgan fingerprint density at radius 1 is 1.21 bits per heavy atom. The van der Waals surface area contributed by atoms with E-state index in [9.17, 15) is 9.59 Å². The smallest absolute Gasteiger partial charge is 0.306 e. The van der Waals surface area contributed by atoms with Crippen molar-refractivity contribution in [1.29, 1.82) is 0 Å². The van der Waals surface area contributed by atoms with Crippen molar-refractivity contribution < 1.29 is 23.8 Å². The fraction of sp³-hybridized carbons (Fsp3) is 0.556. The van der Waals surface area contributed by atoms with Crippen LogP contribution in [0.25, 0.3) is 0 Å². The summed E-state index contributed by atoms with van der Waals surface area (Å²) in [7, 11) is 3.14. The molecule has 1 aromatic carbocycles. The number of hydrogen-bond acceptors (Lipinski definition) is 5. The molecule has 2 rings (SSSR count). The van der Waals surface area contributed by atoms with Gasteiger partial charge in [-0.25, -0.2) is 0 Å². The minimum absolute atomic E-state index is 0.156. The fourth-order valence-corrected chi connectivity index (χ4v) is 2.51. The molecule has 1 atom stereocenters. The highest BCUT2D eigenvalue weighted by Crippen LogP contribution is 2.32. The Labute approximate surface area is 142 Å². The van der Waals surface area contributed by atoms with Crippen LogP contribution in [0.5, 0.6) is 11.5 Å². The summed E-state index contributed by atoms with van der Waals surface area (Å²) >= 11 is 0. The molecule has 0 unspecified atom stereocenters. The minimum Gasteiger partial charge on any atom is -0.493 e. The third kappa shape index (κ3) is 5.44. The number of esters is 1. The van der Waals surface area contributed by atoms with Gasteiger partial charge in [0, 0.05) is 12.5 Å². The van der Waals surface area contributed by atoms with Crippen molar-refractivity contribution in [2.75, 3.05) is 20.8 Å². The molecule has 132 valence electrons. The number of carbonyl (C=O) groups excluding carboxylic acids is 2. The molecule has 0 spiro atoms. The van der Waals surface area contributed by atoms with Gasteiger partial charge in [0.05, 0.1) is 14.2 Å². The van der Waals surface area contributed by atoms with Crippen LogP contribution in [0.4, 0.5) is 0 Å². The predicted octanol–water partition coefficient (Wildman–Crippen LogP) is 2.09. The first-order valence-corrected chi connectivity index (χ1v) is 8.19. The molecule has 1 aliphatic rings. The quantitative estimate of drug-likeness (QED) is 0.700. The second-order valence-electron chi connectivity index (χ2n) is 6.04. The highest BCUT2D eigenvalue weighted by molar-refractivity contribution is 5.80. The number of nitrogens with one attached hydrogen (secondary N) is 1. The van der Waals surface area contributed by atoms with E-state index in [1.807, 2.05) is 19.1 Å². The van der Waals surface area contributed by atoms with E-state index >= 15 is 0 Å². The number of hydrogen-bond donors (Lipinski definition) is 1. The summed E-state index contributed by atoms with van der Waals surface area (Å²) in [5, 5.41) is 2.85. The van der Waals surface area contributed by atoms with Gasteiger partial charge < -0.3 is 19.5 Å². The maximum atomic E-state index is 11.8. The van der Waals surface area contributed by atoms with E-state index in [1.54, 1.807) is 20.3 Å². The third-order valence-corrected chi connectivity index (χ3v) is 4.15. The molecule has 6 heteroatoms. The third-order valence-electron chi connectivity index (χ3n) is 4.15. The number of carbonyl (C=O) groups is 2. The summed E-state index contributed by atoms with van der Waals surface area (Å²) in [6.07, 6.45) is 3.04. The Kier molecular flexibility index (Phi) is 6.46. The Morgan fingerprint density at radius 2 is 1.92 bits per heavy atom. The number of rotatable bonds is 9. The van der Waals surface area contributed by atoms with Gasteiger partial charge >= 0.3 is 5.97 Å². The van der Waals surface area contributed by atoms with E-state index in [2.05, 4.69) is 5.32 Å². The van der Waals surface area contributed by atoms with Crippen LogP contribution in [-0.4, -0.2) is 38.7 Å². The molecule has 0 heterocycles. The SMILES string of the molecule is COc1ccc(CCC(=O)OCC(=O)N[C@H](C)C2CC2)cc1OC. The zero-order valence-electron chi connectivity index (χ0n) is 14.5. The molecule has 1 aliphatic carbocycles. The van der Waals surface area contributed by atoms with Crippen LogP contribution in [0.3, 0.4) is 0 Å². The van der Waals surface area contributed by atoms with E-state index in [0.29, 0.717) is 23.8 Å². The molecule has 1 fully saturated rings. The van der Waals surface area contributed by atoms with Crippen LogP contribution in [-0.2, 0) is 20.7 Å². The van der Waals surface area contributed by atoms with E-state index < -0.39 is 0 Å². The van der Waals surface area contributed by atoms with Crippen LogP contribution in [0, 0.1) is 5.92 Å². The second-order valence-corrected chi connectivity index (χ2v) is 6.04. The maximum absolute atomic E-state index is 11.8. The molecule has 0 radical (unpaired) electrons. The second kappa shape index (κ2) is 8.57. The first-order chi connectivity index (χ1) is 11.5. The standard InChI is InChI=1S/C18H25NO5/c1-12(14-6-7-14)19-17(20)11-24-18(21)9-5-13-4-8-15(22-2)16(10-13)23-3/h4,8,10,12,14H,5-7,9,11H2,1-3H3,(H,19,20)/t12-/m1/s1. The molecule has 0 saturated heterocycles. The van der Waals surface area contributed by atoms with Crippen LogP contribution >= 0.6 is 0 Å².